The number of ether oxygens (including phenoxy) is 1. The number of halogens is 2. The van der Waals surface area contributed by atoms with Crippen molar-refractivity contribution < 1.29 is 13.9 Å². The number of aromatic nitrogens is 1. The van der Waals surface area contributed by atoms with Crippen molar-refractivity contribution >= 4 is 34.0 Å². The smallest absolute Gasteiger partial charge is 0.264 e. The summed E-state index contributed by atoms with van der Waals surface area (Å²) in [5.41, 5.74) is 1.70. The van der Waals surface area contributed by atoms with Crippen molar-refractivity contribution in [2.75, 3.05) is 11.9 Å². The third-order valence-corrected chi connectivity index (χ3v) is 4.49. The Kier molecular flexibility index (Phi) is 5.31. The highest BCUT2D eigenvalue weighted by atomic mass is 35.5. The average Bonchev–Trinajstić information content (AvgIpc) is 2.95. The van der Waals surface area contributed by atoms with Gasteiger partial charge >= 0.3 is 0 Å². The van der Waals surface area contributed by atoms with Crippen LogP contribution in [-0.4, -0.2) is 17.5 Å². The van der Waals surface area contributed by atoms with Crippen LogP contribution < -0.4 is 10.1 Å². The average molecular weight is 377 g/mol. The van der Waals surface area contributed by atoms with Crippen molar-refractivity contribution in [1.29, 1.82) is 0 Å². The van der Waals surface area contributed by atoms with Gasteiger partial charge in [0.2, 0.25) is 0 Å². The monoisotopic (exact) mass is 376 g/mol. The molecule has 128 valence electrons. The van der Waals surface area contributed by atoms with Gasteiger partial charge in [0.1, 0.15) is 0 Å². The largest absolute Gasteiger partial charge is 0.481 e. The summed E-state index contributed by atoms with van der Waals surface area (Å²) < 4.78 is 18.6. The van der Waals surface area contributed by atoms with Crippen LogP contribution in [0.15, 0.2) is 48.5 Å². The molecule has 0 saturated carbocycles. The molecular weight excluding hydrogens is 363 g/mol. The van der Waals surface area contributed by atoms with E-state index in [0.29, 0.717) is 10.2 Å². The minimum absolute atomic E-state index is 0.0369. The van der Waals surface area contributed by atoms with Crippen LogP contribution in [-0.2, 0) is 4.79 Å². The number of para-hydroxylation sites is 1. The van der Waals surface area contributed by atoms with Gasteiger partial charge in [0, 0.05) is 15.5 Å². The maximum absolute atomic E-state index is 13.5. The molecule has 0 atom stereocenters. The zero-order valence-electron chi connectivity index (χ0n) is 13.3. The lowest BCUT2D eigenvalue weighted by Crippen LogP contribution is -2.20. The summed E-state index contributed by atoms with van der Waals surface area (Å²) in [6.45, 7) is 1.63. The number of nitrogens with zero attached hydrogens (tertiary/aromatic N) is 1. The molecule has 0 aliphatic carbocycles. The lowest BCUT2D eigenvalue weighted by atomic mass is 10.1. The lowest BCUT2D eigenvalue weighted by molar-refractivity contribution is -0.118. The highest BCUT2D eigenvalue weighted by Gasteiger charge is 2.13. The van der Waals surface area contributed by atoms with E-state index in [4.69, 9.17) is 16.3 Å². The first kappa shape index (κ1) is 17.4. The SMILES string of the molecule is Cc1sc(NC(=O)COc2ccccc2F)nc1-c1ccc(Cl)cc1. The maximum atomic E-state index is 13.5. The fourth-order valence-corrected chi connectivity index (χ4v) is 3.16. The van der Waals surface area contributed by atoms with Gasteiger partial charge < -0.3 is 4.74 Å². The molecule has 2 aromatic carbocycles. The summed E-state index contributed by atoms with van der Waals surface area (Å²) in [6, 6.07) is 13.3. The van der Waals surface area contributed by atoms with Crippen molar-refractivity contribution in [3.8, 4) is 17.0 Å². The number of carbonyl (C=O) groups excluding carboxylic acids is 1. The molecule has 25 heavy (non-hydrogen) atoms. The second kappa shape index (κ2) is 7.63. The van der Waals surface area contributed by atoms with Crippen LogP contribution in [0.25, 0.3) is 11.3 Å². The summed E-state index contributed by atoms with van der Waals surface area (Å²) in [5.74, 6) is -0.875. The van der Waals surface area contributed by atoms with Gasteiger partial charge in [-0.05, 0) is 31.2 Å². The molecule has 3 rings (SSSR count). The van der Waals surface area contributed by atoms with Gasteiger partial charge in [0.25, 0.3) is 5.91 Å². The van der Waals surface area contributed by atoms with Crippen LogP contribution in [0.3, 0.4) is 0 Å². The summed E-state index contributed by atoms with van der Waals surface area (Å²) in [4.78, 5) is 17.4. The molecule has 0 aliphatic rings. The minimum Gasteiger partial charge on any atom is -0.481 e. The van der Waals surface area contributed by atoms with Crippen LogP contribution in [0.2, 0.25) is 5.02 Å². The number of amides is 1. The van der Waals surface area contributed by atoms with Crippen LogP contribution in [0, 0.1) is 12.7 Å². The Hall–Kier alpha value is -2.44. The molecule has 1 amide bonds. The highest BCUT2D eigenvalue weighted by Crippen LogP contribution is 2.31. The number of nitrogens with one attached hydrogen (secondary N) is 1. The van der Waals surface area contributed by atoms with Gasteiger partial charge in [-0.1, -0.05) is 35.9 Å². The topological polar surface area (TPSA) is 51.2 Å². The Morgan fingerprint density at radius 3 is 2.68 bits per heavy atom. The van der Waals surface area contributed by atoms with E-state index in [1.54, 1.807) is 24.3 Å². The number of thiazole rings is 1. The number of hydrogen-bond acceptors (Lipinski definition) is 4. The number of aryl methyl sites for hydroxylation is 1. The first-order valence-electron chi connectivity index (χ1n) is 7.43. The molecule has 1 N–H and O–H groups in total. The van der Waals surface area contributed by atoms with Gasteiger partial charge in [-0.15, -0.1) is 11.3 Å². The Balaban J connectivity index is 1.65. The molecule has 3 aromatic rings. The normalized spacial score (nSPS) is 10.5. The van der Waals surface area contributed by atoms with Crippen molar-refractivity contribution in [2.24, 2.45) is 0 Å². The standard InChI is InChI=1S/C18H14ClFN2O2S/c1-11-17(12-6-8-13(19)9-7-12)22-18(25-11)21-16(23)10-24-15-5-3-2-4-14(15)20/h2-9H,10H2,1H3,(H,21,22,23). The quantitative estimate of drug-likeness (QED) is 0.687. The van der Waals surface area contributed by atoms with E-state index in [9.17, 15) is 9.18 Å². The predicted octanol–water partition coefficient (Wildman–Crippen LogP) is 4.93. The Morgan fingerprint density at radius 2 is 1.96 bits per heavy atom. The molecule has 0 bridgehead atoms. The molecule has 0 fully saturated rings. The second-order valence-corrected chi connectivity index (χ2v) is 6.84. The zero-order valence-corrected chi connectivity index (χ0v) is 14.8. The van der Waals surface area contributed by atoms with Crippen molar-refractivity contribution in [3.63, 3.8) is 0 Å². The maximum Gasteiger partial charge on any atom is 0.264 e. The second-order valence-electron chi connectivity index (χ2n) is 5.20. The van der Waals surface area contributed by atoms with E-state index < -0.39 is 11.7 Å². The first-order chi connectivity index (χ1) is 12.0. The zero-order chi connectivity index (χ0) is 17.8. The van der Waals surface area contributed by atoms with Crippen molar-refractivity contribution in [2.45, 2.75) is 6.92 Å². The summed E-state index contributed by atoms with van der Waals surface area (Å²) in [6.07, 6.45) is 0. The highest BCUT2D eigenvalue weighted by molar-refractivity contribution is 7.16. The van der Waals surface area contributed by atoms with Gasteiger partial charge in [-0.3, -0.25) is 10.1 Å². The van der Waals surface area contributed by atoms with E-state index in [0.717, 1.165) is 16.1 Å². The Labute approximate surface area is 153 Å². The fourth-order valence-electron chi connectivity index (χ4n) is 2.19. The lowest BCUT2D eigenvalue weighted by Gasteiger charge is -2.06. The summed E-state index contributed by atoms with van der Waals surface area (Å²) in [5, 5.41) is 3.78. The molecule has 4 nitrogen and oxygen atoms in total. The number of hydrogen-bond donors (Lipinski definition) is 1. The van der Waals surface area contributed by atoms with Crippen molar-refractivity contribution in [1.82, 2.24) is 4.98 Å². The van der Waals surface area contributed by atoms with Crippen molar-refractivity contribution in [3.05, 3.63) is 64.2 Å². The van der Waals surface area contributed by atoms with Crippen LogP contribution in [0.5, 0.6) is 5.75 Å². The first-order valence-corrected chi connectivity index (χ1v) is 8.63. The Bertz CT molecular complexity index is 896. The number of anilines is 1. The van der Waals surface area contributed by atoms with Gasteiger partial charge in [0.15, 0.2) is 23.3 Å². The summed E-state index contributed by atoms with van der Waals surface area (Å²) in [7, 11) is 0. The molecule has 0 unspecified atom stereocenters. The van der Waals surface area contributed by atoms with E-state index in [2.05, 4.69) is 10.3 Å². The third-order valence-electron chi connectivity index (χ3n) is 3.36. The molecular formula is C18H14ClFN2O2S. The molecule has 0 saturated heterocycles. The van der Waals surface area contributed by atoms with E-state index >= 15 is 0 Å². The molecule has 0 aliphatic heterocycles. The minimum atomic E-state index is -0.509. The molecule has 7 heteroatoms. The molecule has 1 aromatic heterocycles. The van der Waals surface area contributed by atoms with Crippen LogP contribution in [0.1, 0.15) is 4.88 Å². The molecule has 0 radical (unpaired) electrons. The molecule has 0 spiro atoms. The predicted molar refractivity (Wildman–Crippen MR) is 97.8 cm³/mol. The van der Waals surface area contributed by atoms with E-state index in [-0.39, 0.29) is 12.4 Å². The van der Waals surface area contributed by atoms with Gasteiger partial charge in [-0.25, -0.2) is 9.37 Å². The molecule has 1 heterocycles. The van der Waals surface area contributed by atoms with E-state index in [1.165, 1.54) is 23.5 Å². The van der Waals surface area contributed by atoms with Gasteiger partial charge in [-0.2, -0.15) is 0 Å². The van der Waals surface area contributed by atoms with Crippen LogP contribution >= 0.6 is 22.9 Å². The Morgan fingerprint density at radius 1 is 1.24 bits per heavy atom. The number of carbonyl (C=O) groups is 1. The third kappa shape index (κ3) is 4.35. The fraction of sp³-hybridized carbons (Fsp3) is 0.111. The summed E-state index contributed by atoms with van der Waals surface area (Å²) >= 11 is 7.25. The van der Waals surface area contributed by atoms with E-state index in [1.807, 2.05) is 19.1 Å². The number of benzene rings is 2. The number of rotatable bonds is 5. The van der Waals surface area contributed by atoms with Crippen LogP contribution in [0.4, 0.5) is 9.52 Å². The van der Waals surface area contributed by atoms with Gasteiger partial charge in [0.05, 0.1) is 5.69 Å².